The van der Waals surface area contributed by atoms with Crippen LogP contribution < -0.4 is 15.8 Å². The topological polar surface area (TPSA) is 102 Å². The van der Waals surface area contributed by atoms with Crippen LogP contribution in [0.5, 0.6) is 5.75 Å². The Labute approximate surface area is 104 Å². The minimum Gasteiger partial charge on any atom is -0.493 e. The van der Waals surface area contributed by atoms with Crippen molar-refractivity contribution in [2.75, 3.05) is 13.2 Å². The molecule has 0 aromatic heterocycles. The van der Waals surface area contributed by atoms with Crippen molar-refractivity contribution in [1.29, 1.82) is 0 Å². The van der Waals surface area contributed by atoms with E-state index in [9.17, 15) is 14.7 Å². The van der Waals surface area contributed by atoms with Crippen molar-refractivity contribution < 1.29 is 19.4 Å². The molecule has 1 heterocycles. The van der Waals surface area contributed by atoms with Gasteiger partial charge < -0.3 is 20.9 Å². The molecule has 1 aromatic rings. The van der Waals surface area contributed by atoms with Crippen molar-refractivity contribution >= 4 is 11.8 Å². The standard InChI is InChI=1S/C12H14N2O4/c13-11(16)12(17)14-6-9(15)7-1-2-10-8(5-7)3-4-18-10/h1-2,5,9,15H,3-4,6H2,(H2,13,16)(H,14,17). The summed E-state index contributed by atoms with van der Waals surface area (Å²) in [5, 5.41) is 12.1. The van der Waals surface area contributed by atoms with Crippen molar-refractivity contribution in [1.82, 2.24) is 5.32 Å². The molecule has 6 nitrogen and oxygen atoms in total. The highest BCUT2D eigenvalue weighted by molar-refractivity contribution is 6.34. The third kappa shape index (κ3) is 2.60. The monoisotopic (exact) mass is 250 g/mol. The first-order valence-corrected chi connectivity index (χ1v) is 5.59. The first-order chi connectivity index (χ1) is 8.58. The van der Waals surface area contributed by atoms with E-state index in [0.717, 1.165) is 17.7 Å². The summed E-state index contributed by atoms with van der Waals surface area (Å²) < 4.78 is 5.35. The second-order valence-corrected chi connectivity index (χ2v) is 4.06. The van der Waals surface area contributed by atoms with E-state index in [1.807, 2.05) is 6.07 Å². The van der Waals surface area contributed by atoms with Crippen molar-refractivity contribution in [3.63, 3.8) is 0 Å². The molecule has 0 fully saturated rings. The normalized spacial score (nSPS) is 14.5. The lowest BCUT2D eigenvalue weighted by Crippen LogP contribution is -2.38. The number of hydrogen-bond donors (Lipinski definition) is 3. The lowest BCUT2D eigenvalue weighted by molar-refractivity contribution is -0.137. The average Bonchev–Trinajstić information content (AvgIpc) is 2.82. The molecule has 1 aliphatic rings. The summed E-state index contributed by atoms with van der Waals surface area (Å²) in [6.07, 6.45) is -0.0667. The number of nitrogens with one attached hydrogen (secondary N) is 1. The van der Waals surface area contributed by atoms with Crippen LogP contribution in [0.1, 0.15) is 17.2 Å². The fourth-order valence-corrected chi connectivity index (χ4v) is 1.81. The zero-order valence-corrected chi connectivity index (χ0v) is 9.68. The number of benzene rings is 1. The molecule has 0 aliphatic carbocycles. The summed E-state index contributed by atoms with van der Waals surface area (Å²) in [7, 11) is 0. The Hall–Kier alpha value is -2.08. The minimum absolute atomic E-state index is 0.0541. The molecule has 0 saturated carbocycles. The van der Waals surface area contributed by atoms with Crippen LogP contribution >= 0.6 is 0 Å². The number of primary amides is 1. The van der Waals surface area contributed by atoms with Gasteiger partial charge in [-0.1, -0.05) is 6.07 Å². The molecule has 1 atom stereocenters. The summed E-state index contributed by atoms with van der Waals surface area (Å²) in [5.74, 6) is -1.14. The zero-order valence-electron chi connectivity index (χ0n) is 9.68. The van der Waals surface area contributed by atoms with Gasteiger partial charge in [0.05, 0.1) is 12.7 Å². The van der Waals surface area contributed by atoms with E-state index in [4.69, 9.17) is 10.5 Å². The van der Waals surface area contributed by atoms with Crippen LogP contribution in [0.3, 0.4) is 0 Å². The molecule has 4 N–H and O–H groups in total. The number of carbonyl (C=O) groups is 2. The van der Waals surface area contributed by atoms with Gasteiger partial charge in [0.15, 0.2) is 0 Å². The SMILES string of the molecule is NC(=O)C(=O)NCC(O)c1ccc2c(c1)CCO2. The van der Waals surface area contributed by atoms with Gasteiger partial charge in [0.1, 0.15) is 5.75 Å². The molecule has 6 heteroatoms. The van der Waals surface area contributed by atoms with Crippen LogP contribution in [0.15, 0.2) is 18.2 Å². The van der Waals surface area contributed by atoms with Gasteiger partial charge in [-0.3, -0.25) is 9.59 Å². The Balaban J connectivity index is 1.99. The van der Waals surface area contributed by atoms with Crippen molar-refractivity contribution in [3.05, 3.63) is 29.3 Å². The Morgan fingerprint density at radius 1 is 1.50 bits per heavy atom. The molecule has 2 rings (SSSR count). The highest BCUT2D eigenvalue weighted by Crippen LogP contribution is 2.27. The molecule has 2 amide bonds. The second-order valence-electron chi connectivity index (χ2n) is 4.06. The van der Waals surface area contributed by atoms with Gasteiger partial charge in [0.25, 0.3) is 0 Å². The molecule has 18 heavy (non-hydrogen) atoms. The maximum absolute atomic E-state index is 10.9. The predicted octanol–water partition coefficient (Wildman–Crippen LogP) is -0.744. The Morgan fingerprint density at radius 3 is 3.00 bits per heavy atom. The highest BCUT2D eigenvalue weighted by Gasteiger charge is 2.16. The molecule has 1 aliphatic heterocycles. The number of hydrogen-bond acceptors (Lipinski definition) is 4. The number of aliphatic hydroxyl groups is 1. The largest absolute Gasteiger partial charge is 0.493 e. The summed E-state index contributed by atoms with van der Waals surface area (Å²) >= 11 is 0. The number of nitrogens with two attached hydrogens (primary N) is 1. The molecular weight excluding hydrogens is 236 g/mol. The maximum Gasteiger partial charge on any atom is 0.309 e. The lowest BCUT2D eigenvalue weighted by Gasteiger charge is -2.12. The van der Waals surface area contributed by atoms with Crippen molar-refractivity contribution in [3.8, 4) is 5.75 Å². The van der Waals surface area contributed by atoms with E-state index < -0.39 is 17.9 Å². The van der Waals surface area contributed by atoms with E-state index in [1.165, 1.54) is 0 Å². The van der Waals surface area contributed by atoms with Gasteiger partial charge in [-0.2, -0.15) is 0 Å². The van der Waals surface area contributed by atoms with Crippen LogP contribution in [0.2, 0.25) is 0 Å². The Kier molecular flexibility index (Phi) is 3.47. The van der Waals surface area contributed by atoms with Crippen LogP contribution in [-0.2, 0) is 16.0 Å². The average molecular weight is 250 g/mol. The molecule has 96 valence electrons. The number of amides is 2. The summed E-state index contributed by atoms with van der Waals surface area (Å²) in [6.45, 7) is 0.592. The van der Waals surface area contributed by atoms with E-state index >= 15 is 0 Å². The highest BCUT2D eigenvalue weighted by atomic mass is 16.5. The molecule has 0 radical (unpaired) electrons. The summed E-state index contributed by atoms with van der Waals surface area (Å²) in [6, 6.07) is 5.35. The van der Waals surface area contributed by atoms with Crippen molar-refractivity contribution in [2.45, 2.75) is 12.5 Å². The van der Waals surface area contributed by atoms with Gasteiger partial charge in [-0.25, -0.2) is 0 Å². The Bertz CT molecular complexity index is 487. The van der Waals surface area contributed by atoms with E-state index in [-0.39, 0.29) is 6.54 Å². The predicted molar refractivity (Wildman–Crippen MR) is 62.8 cm³/mol. The van der Waals surface area contributed by atoms with Gasteiger partial charge in [0, 0.05) is 13.0 Å². The number of fused-ring (bicyclic) bond motifs is 1. The van der Waals surface area contributed by atoms with E-state index in [1.54, 1.807) is 12.1 Å². The first-order valence-electron chi connectivity index (χ1n) is 5.59. The van der Waals surface area contributed by atoms with E-state index in [0.29, 0.717) is 12.2 Å². The summed E-state index contributed by atoms with van der Waals surface area (Å²) in [5.41, 5.74) is 6.49. The summed E-state index contributed by atoms with van der Waals surface area (Å²) in [4.78, 5) is 21.5. The number of rotatable bonds is 3. The third-order valence-electron chi connectivity index (χ3n) is 2.78. The van der Waals surface area contributed by atoms with Gasteiger partial charge in [-0.05, 0) is 23.3 Å². The Morgan fingerprint density at radius 2 is 2.28 bits per heavy atom. The fraction of sp³-hybridized carbons (Fsp3) is 0.333. The van der Waals surface area contributed by atoms with Gasteiger partial charge in [-0.15, -0.1) is 0 Å². The molecule has 0 spiro atoms. The van der Waals surface area contributed by atoms with Crippen LogP contribution in [0.4, 0.5) is 0 Å². The molecule has 0 bridgehead atoms. The van der Waals surface area contributed by atoms with Crippen molar-refractivity contribution in [2.24, 2.45) is 5.73 Å². The van der Waals surface area contributed by atoms with Gasteiger partial charge >= 0.3 is 11.8 Å². The second kappa shape index (κ2) is 5.05. The van der Waals surface area contributed by atoms with E-state index in [2.05, 4.69) is 5.32 Å². The minimum atomic E-state index is -1.07. The van der Waals surface area contributed by atoms with Crippen LogP contribution in [0.25, 0.3) is 0 Å². The van der Waals surface area contributed by atoms with Crippen LogP contribution in [0, 0.1) is 0 Å². The number of ether oxygens (including phenoxy) is 1. The maximum atomic E-state index is 10.9. The molecular formula is C12H14N2O4. The number of aliphatic hydroxyl groups excluding tert-OH is 1. The first kappa shape index (κ1) is 12.4. The van der Waals surface area contributed by atoms with Crippen LogP contribution in [-0.4, -0.2) is 30.1 Å². The lowest BCUT2D eigenvalue weighted by atomic mass is 10.0. The van der Waals surface area contributed by atoms with Gasteiger partial charge in [0.2, 0.25) is 0 Å². The molecule has 1 unspecified atom stereocenters. The molecule has 0 saturated heterocycles. The molecule has 1 aromatic carbocycles. The smallest absolute Gasteiger partial charge is 0.309 e. The fourth-order valence-electron chi connectivity index (χ4n) is 1.81. The third-order valence-corrected chi connectivity index (χ3v) is 2.78. The number of carbonyl (C=O) groups excluding carboxylic acids is 2. The quantitative estimate of drug-likeness (QED) is 0.615. The zero-order chi connectivity index (χ0) is 13.1.